The van der Waals surface area contributed by atoms with Crippen molar-refractivity contribution >= 4 is 17.3 Å². The predicted molar refractivity (Wildman–Crippen MR) is 86.5 cm³/mol. The molecule has 1 N–H and O–H groups in total. The molecule has 1 aromatic carbocycles. The highest BCUT2D eigenvalue weighted by Gasteiger charge is 2.27. The monoisotopic (exact) mass is 292 g/mol. The topological polar surface area (TPSA) is 15.3 Å². The molecule has 0 aliphatic heterocycles. The second-order valence-corrected chi connectivity index (χ2v) is 7.05. The van der Waals surface area contributed by atoms with Crippen LogP contribution in [0.2, 0.25) is 5.02 Å². The molecule has 0 spiro atoms. The van der Waals surface area contributed by atoms with Crippen molar-refractivity contribution < 1.29 is 0 Å². The van der Waals surface area contributed by atoms with Gasteiger partial charge in [-0.1, -0.05) is 17.7 Å². The minimum absolute atomic E-state index is 0.522. The van der Waals surface area contributed by atoms with Crippen LogP contribution in [0.15, 0.2) is 18.2 Å². The van der Waals surface area contributed by atoms with Crippen molar-refractivity contribution in [3.05, 3.63) is 28.8 Å². The van der Waals surface area contributed by atoms with E-state index in [0.29, 0.717) is 6.04 Å². The zero-order valence-corrected chi connectivity index (χ0v) is 13.3. The third-order valence-corrected chi connectivity index (χ3v) is 4.53. The van der Waals surface area contributed by atoms with Gasteiger partial charge in [-0.3, -0.25) is 0 Å². The Hall–Kier alpha value is -0.730. The molecule has 0 saturated heterocycles. The van der Waals surface area contributed by atoms with Crippen molar-refractivity contribution in [3.63, 3.8) is 0 Å². The Kier molecular flexibility index (Phi) is 4.23. The number of anilines is 1. The van der Waals surface area contributed by atoms with Crippen LogP contribution in [0.4, 0.5) is 5.69 Å². The zero-order chi connectivity index (χ0) is 14.1. The Morgan fingerprint density at radius 1 is 1.25 bits per heavy atom. The molecule has 2 saturated carbocycles. The molecule has 2 aliphatic rings. The Labute approximate surface area is 127 Å². The summed E-state index contributed by atoms with van der Waals surface area (Å²) < 4.78 is 0. The highest BCUT2D eigenvalue weighted by molar-refractivity contribution is 6.30. The smallest absolute Gasteiger partial charge is 0.0429 e. The lowest BCUT2D eigenvalue weighted by molar-refractivity contribution is 0.632. The summed E-state index contributed by atoms with van der Waals surface area (Å²) in [5, 5.41) is 4.47. The number of nitrogens with one attached hydrogen (secondary N) is 1. The highest BCUT2D eigenvalue weighted by Crippen LogP contribution is 2.34. The van der Waals surface area contributed by atoms with Gasteiger partial charge in [-0.15, -0.1) is 0 Å². The van der Waals surface area contributed by atoms with Crippen LogP contribution in [-0.2, 0) is 6.54 Å². The minimum atomic E-state index is 0.522. The van der Waals surface area contributed by atoms with Gasteiger partial charge in [0.15, 0.2) is 0 Å². The number of nitrogens with zero attached hydrogens (tertiary/aromatic N) is 1. The summed E-state index contributed by atoms with van der Waals surface area (Å²) in [5.74, 6) is 0.889. The van der Waals surface area contributed by atoms with Crippen LogP contribution in [0.5, 0.6) is 0 Å². The van der Waals surface area contributed by atoms with Gasteiger partial charge in [0.2, 0.25) is 0 Å². The van der Waals surface area contributed by atoms with E-state index in [1.165, 1.54) is 43.5 Å². The lowest BCUT2D eigenvalue weighted by Crippen LogP contribution is -2.34. The molecule has 2 nitrogen and oxygen atoms in total. The number of benzene rings is 1. The van der Waals surface area contributed by atoms with Crippen molar-refractivity contribution in [1.82, 2.24) is 5.32 Å². The Morgan fingerprint density at radius 3 is 2.60 bits per heavy atom. The highest BCUT2D eigenvalue weighted by atomic mass is 35.5. The Balaban J connectivity index is 1.80. The van der Waals surface area contributed by atoms with Crippen molar-refractivity contribution in [3.8, 4) is 0 Å². The molecule has 3 heteroatoms. The number of hydrogen-bond donors (Lipinski definition) is 1. The average Bonchev–Trinajstić information content (AvgIpc) is 3.28. The molecule has 1 aromatic rings. The van der Waals surface area contributed by atoms with E-state index in [1.54, 1.807) is 0 Å². The number of rotatable bonds is 7. The van der Waals surface area contributed by atoms with Crippen molar-refractivity contribution in [2.24, 2.45) is 5.92 Å². The van der Waals surface area contributed by atoms with Crippen molar-refractivity contribution in [2.75, 3.05) is 11.4 Å². The standard InChI is InChI=1S/C17H25ClN2/c1-12(2)20(11-13-3-4-13)17-9-15(18)6-5-14(17)10-19-16-7-8-16/h5-6,9,12-13,16,19H,3-4,7-8,10-11H2,1-2H3. The molecule has 0 heterocycles. The van der Waals surface area contributed by atoms with E-state index in [-0.39, 0.29) is 0 Å². The SMILES string of the molecule is CC(C)N(CC1CC1)c1cc(Cl)ccc1CNC1CC1. The molecule has 2 aliphatic carbocycles. The van der Waals surface area contributed by atoms with Gasteiger partial charge in [0.05, 0.1) is 0 Å². The Bertz CT molecular complexity index is 464. The third kappa shape index (κ3) is 3.67. The minimum Gasteiger partial charge on any atom is -0.369 e. The molecule has 0 unspecified atom stereocenters. The molecule has 0 bridgehead atoms. The van der Waals surface area contributed by atoms with Crippen LogP contribution in [0, 0.1) is 5.92 Å². The summed E-state index contributed by atoms with van der Waals surface area (Å²) in [6.45, 7) is 6.70. The summed E-state index contributed by atoms with van der Waals surface area (Å²) in [5.41, 5.74) is 2.71. The van der Waals surface area contributed by atoms with E-state index in [9.17, 15) is 0 Å². The molecular weight excluding hydrogens is 268 g/mol. The lowest BCUT2D eigenvalue weighted by atomic mass is 10.1. The van der Waals surface area contributed by atoms with Gasteiger partial charge in [-0.25, -0.2) is 0 Å². The fourth-order valence-electron chi connectivity index (χ4n) is 2.66. The van der Waals surface area contributed by atoms with E-state index < -0.39 is 0 Å². The summed E-state index contributed by atoms with van der Waals surface area (Å²) in [7, 11) is 0. The van der Waals surface area contributed by atoms with Crippen molar-refractivity contribution in [2.45, 2.75) is 58.2 Å². The van der Waals surface area contributed by atoms with Gasteiger partial charge in [0, 0.05) is 35.9 Å². The molecular formula is C17H25ClN2. The lowest BCUT2D eigenvalue weighted by Gasteiger charge is -2.31. The van der Waals surface area contributed by atoms with E-state index in [0.717, 1.165) is 23.5 Å². The van der Waals surface area contributed by atoms with E-state index in [4.69, 9.17) is 11.6 Å². The quantitative estimate of drug-likeness (QED) is 0.809. The largest absolute Gasteiger partial charge is 0.369 e. The van der Waals surface area contributed by atoms with Gasteiger partial charge in [-0.05, 0) is 63.1 Å². The summed E-state index contributed by atoms with van der Waals surface area (Å²) in [4.78, 5) is 2.54. The molecule has 20 heavy (non-hydrogen) atoms. The molecule has 0 aromatic heterocycles. The van der Waals surface area contributed by atoms with E-state index in [2.05, 4.69) is 36.2 Å². The summed E-state index contributed by atoms with van der Waals surface area (Å²) in [6.07, 6.45) is 5.44. The van der Waals surface area contributed by atoms with Gasteiger partial charge in [0.1, 0.15) is 0 Å². The van der Waals surface area contributed by atoms with Gasteiger partial charge >= 0.3 is 0 Å². The van der Waals surface area contributed by atoms with E-state index in [1.807, 2.05) is 6.07 Å². The first-order valence-corrected chi connectivity index (χ1v) is 8.29. The Morgan fingerprint density at radius 2 is 2.00 bits per heavy atom. The van der Waals surface area contributed by atoms with Crippen LogP contribution >= 0.6 is 11.6 Å². The van der Waals surface area contributed by atoms with Gasteiger partial charge in [-0.2, -0.15) is 0 Å². The third-order valence-electron chi connectivity index (χ3n) is 4.29. The second-order valence-electron chi connectivity index (χ2n) is 6.62. The van der Waals surface area contributed by atoms with Crippen LogP contribution in [-0.4, -0.2) is 18.6 Å². The first-order valence-electron chi connectivity index (χ1n) is 7.92. The maximum Gasteiger partial charge on any atom is 0.0429 e. The zero-order valence-electron chi connectivity index (χ0n) is 12.5. The summed E-state index contributed by atoms with van der Waals surface area (Å²) in [6, 6.07) is 7.62. The molecule has 0 amide bonds. The number of hydrogen-bond acceptors (Lipinski definition) is 2. The van der Waals surface area contributed by atoms with Crippen LogP contribution in [0.3, 0.4) is 0 Å². The van der Waals surface area contributed by atoms with E-state index >= 15 is 0 Å². The first-order chi connectivity index (χ1) is 9.63. The van der Waals surface area contributed by atoms with Crippen LogP contribution in [0.25, 0.3) is 0 Å². The van der Waals surface area contributed by atoms with Gasteiger partial charge < -0.3 is 10.2 Å². The summed E-state index contributed by atoms with van der Waals surface area (Å²) >= 11 is 6.25. The van der Waals surface area contributed by atoms with Crippen LogP contribution in [0.1, 0.15) is 45.1 Å². The molecule has 0 atom stereocenters. The van der Waals surface area contributed by atoms with Gasteiger partial charge in [0.25, 0.3) is 0 Å². The fraction of sp³-hybridized carbons (Fsp3) is 0.647. The average molecular weight is 293 g/mol. The first kappa shape index (κ1) is 14.2. The molecule has 0 radical (unpaired) electrons. The fourth-order valence-corrected chi connectivity index (χ4v) is 2.83. The normalized spacial score (nSPS) is 18.6. The predicted octanol–water partition coefficient (Wildman–Crippen LogP) is 4.22. The molecule has 110 valence electrons. The number of halogens is 1. The van der Waals surface area contributed by atoms with Crippen molar-refractivity contribution in [1.29, 1.82) is 0 Å². The molecule has 2 fully saturated rings. The molecule has 3 rings (SSSR count). The maximum absolute atomic E-state index is 6.25. The maximum atomic E-state index is 6.25. The van der Waals surface area contributed by atoms with Crippen LogP contribution < -0.4 is 10.2 Å². The second kappa shape index (κ2) is 5.95.